The standard InChI is InChI=1S/C2H6ClO4P.Na/c3-1-2-7-8(4,5)6;/h1-2H2,(H2,4,5,6);. The van der Waals surface area contributed by atoms with Crippen molar-refractivity contribution in [2.75, 3.05) is 12.5 Å². The summed E-state index contributed by atoms with van der Waals surface area (Å²) < 4.78 is 13.7. The summed E-state index contributed by atoms with van der Waals surface area (Å²) in [5, 5.41) is 0. The maximum atomic E-state index is 9.80. The molecule has 51 valence electrons. The molecule has 2 N–H and O–H groups in total. The van der Waals surface area contributed by atoms with Gasteiger partial charge in [-0.2, -0.15) is 0 Å². The SMILES string of the molecule is O=P(O)(O)OCCCl.[Na]. The van der Waals surface area contributed by atoms with E-state index in [4.69, 9.17) is 21.4 Å². The monoisotopic (exact) mass is 183 g/mol. The quantitative estimate of drug-likeness (QED) is 0.366. The first kappa shape index (κ1) is 13.0. The fourth-order valence-electron chi connectivity index (χ4n) is 0.153. The van der Waals surface area contributed by atoms with Gasteiger partial charge in [-0.3, -0.25) is 4.52 Å². The number of rotatable bonds is 3. The summed E-state index contributed by atoms with van der Waals surface area (Å²) in [5.74, 6) is 0.0884. The second-order valence-corrected chi connectivity index (χ2v) is 2.63. The van der Waals surface area contributed by atoms with Gasteiger partial charge in [-0.05, 0) is 0 Å². The molecule has 4 nitrogen and oxygen atoms in total. The molecule has 0 saturated carbocycles. The van der Waals surface area contributed by atoms with Crippen molar-refractivity contribution in [3.8, 4) is 0 Å². The van der Waals surface area contributed by atoms with Gasteiger partial charge in [-0.15, -0.1) is 11.6 Å². The van der Waals surface area contributed by atoms with Gasteiger partial charge in [0.2, 0.25) is 0 Å². The predicted octanol–water partition coefficient (Wildman–Crippen LogP) is -0.0463. The number of alkyl halides is 1. The topological polar surface area (TPSA) is 66.8 Å². The fourth-order valence-corrected chi connectivity index (χ4v) is 0.667. The van der Waals surface area contributed by atoms with Crippen LogP contribution in [-0.4, -0.2) is 51.8 Å². The average Bonchev–Trinajstić information content (AvgIpc) is 1.59. The summed E-state index contributed by atoms with van der Waals surface area (Å²) >= 11 is 5.04. The Kier molecular flexibility index (Phi) is 8.87. The van der Waals surface area contributed by atoms with E-state index in [0.717, 1.165) is 0 Å². The smallest absolute Gasteiger partial charge is 0.303 e. The normalized spacial score (nSPS) is 10.6. The molecule has 0 aromatic carbocycles. The maximum Gasteiger partial charge on any atom is 0.469 e. The Morgan fingerprint density at radius 1 is 1.56 bits per heavy atom. The molecule has 0 saturated heterocycles. The van der Waals surface area contributed by atoms with Crippen LogP contribution in [0.15, 0.2) is 0 Å². The number of hydrogen-bond acceptors (Lipinski definition) is 2. The second-order valence-electron chi connectivity index (χ2n) is 1.01. The zero-order valence-corrected chi connectivity index (χ0v) is 8.60. The molecule has 0 spiro atoms. The van der Waals surface area contributed by atoms with Crippen LogP contribution in [-0.2, 0) is 9.09 Å². The van der Waals surface area contributed by atoms with Crippen LogP contribution in [0.2, 0.25) is 0 Å². The van der Waals surface area contributed by atoms with Crippen LogP contribution in [0.25, 0.3) is 0 Å². The van der Waals surface area contributed by atoms with Crippen molar-refractivity contribution in [3.63, 3.8) is 0 Å². The van der Waals surface area contributed by atoms with Crippen molar-refractivity contribution in [2.24, 2.45) is 0 Å². The van der Waals surface area contributed by atoms with Crippen LogP contribution in [0.4, 0.5) is 0 Å². The number of hydrogen-bond donors (Lipinski definition) is 2. The van der Waals surface area contributed by atoms with E-state index in [1.807, 2.05) is 0 Å². The molecule has 0 rings (SSSR count). The van der Waals surface area contributed by atoms with Gasteiger partial charge in [0.05, 0.1) is 6.61 Å². The van der Waals surface area contributed by atoms with Crippen LogP contribution >= 0.6 is 19.4 Å². The van der Waals surface area contributed by atoms with Crippen molar-refractivity contribution >= 4 is 49.0 Å². The van der Waals surface area contributed by atoms with Gasteiger partial charge >= 0.3 is 7.82 Å². The molecule has 0 atom stereocenters. The zero-order valence-electron chi connectivity index (χ0n) is 4.95. The Bertz CT molecular complexity index is 103. The number of phosphoric ester groups is 1. The van der Waals surface area contributed by atoms with Crippen LogP contribution in [0.5, 0.6) is 0 Å². The number of phosphoric acid groups is 1. The van der Waals surface area contributed by atoms with E-state index in [1.54, 1.807) is 0 Å². The minimum atomic E-state index is -4.27. The first-order chi connectivity index (χ1) is 3.56. The first-order valence-electron chi connectivity index (χ1n) is 1.82. The number of halogens is 1. The van der Waals surface area contributed by atoms with E-state index in [0.29, 0.717) is 0 Å². The van der Waals surface area contributed by atoms with Gasteiger partial charge in [-0.1, -0.05) is 0 Å². The summed E-state index contributed by atoms with van der Waals surface area (Å²) in [6, 6.07) is 0. The van der Waals surface area contributed by atoms with E-state index in [9.17, 15) is 4.57 Å². The van der Waals surface area contributed by atoms with Gasteiger partial charge < -0.3 is 9.79 Å². The molecule has 0 aliphatic rings. The Morgan fingerprint density at radius 3 is 2.11 bits per heavy atom. The molecule has 0 heterocycles. The first-order valence-corrected chi connectivity index (χ1v) is 3.89. The molecule has 0 aliphatic carbocycles. The molecule has 0 aromatic rings. The predicted molar refractivity (Wildman–Crippen MR) is 34.5 cm³/mol. The van der Waals surface area contributed by atoms with Crippen molar-refractivity contribution < 1.29 is 18.9 Å². The van der Waals surface area contributed by atoms with Crippen LogP contribution in [0, 0.1) is 0 Å². The molecular weight excluding hydrogens is 177 g/mol. The summed E-state index contributed by atoms with van der Waals surface area (Å²) in [5.41, 5.74) is 0. The van der Waals surface area contributed by atoms with Crippen molar-refractivity contribution in [1.82, 2.24) is 0 Å². The van der Waals surface area contributed by atoms with Crippen LogP contribution < -0.4 is 0 Å². The Labute approximate surface area is 80.1 Å². The van der Waals surface area contributed by atoms with Crippen molar-refractivity contribution in [3.05, 3.63) is 0 Å². The third kappa shape index (κ3) is 12.6. The fraction of sp³-hybridized carbons (Fsp3) is 1.00. The third-order valence-corrected chi connectivity index (χ3v) is 1.01. The summed E-state index contributed by atoms with van der Waals surface area (Å²) in [7, 11) is -4.27. The van der Waals surface area contributed by atoms with Gasteiger partial charge in [0.1, 0.15) is 0 Å². The van der Waals surface area contributed by atoms with Crippen molar-refractivity contribution in [2.45, 2.75) is 0 Å². The van der Waals surface area contributed by atoms with Crippen LogP contribution in [0.3, 0.4) is 0 Å². The average molecular weight is 183 g/mol. The van der Waals surface area contributed by atoms with Crippen molar-refractivity contribution in [1.29, 1.82) is 0 Å². The summed E-state index contributed by atoms with van der Waals surface area (Å²) in [6.07, 6.45) is 0. The molecule has 0 unspecified atom stereocenters. The third-order valence-electron chi connectivity index (χ3n) is 0.337. The van der Waals surface area contributed by atoms with E-state index < -0.39 is 7.82 Å². The molecular formula is C2H6ClNaO4P. The molecule has 7 heteroatoms. The molecule has 0 aliphatic heterocycles. The zero-order chi connectivity index (χ0) is 6.62. The minimum Gasteiger partial charge on any atom is -0.303 e. The molecule has 9 heavy (non-hydrogen) atoms. The largest absolute Gasteiger partial charge is 0.469 e. The summed E-state index contributed by atoms with van der Waals surface area (Å²) in [6.45, 7) is -0.119. The van der Waals surface area contributed by atoms with E-state index in [1.165, 1.54) is 0 Å². The van der Waals surface area contributed by atoms with Gasteiger partial charge in [-0.25, -0.2) is 4.57 Å². The molecule has 1 radical (unpaired) electrons. The van der Waals surface area contributed by atoms with Gasteiger partial charge in [0.15, 0.2) is 0 Å². The summed E-state index contributed by atoms with van der Waals surface area (Å²) in [4.78, 5) is 16.0. The van der Waals surface area contributed by atoms with E-state index in [-0.39, 0.29) is 42.0 Å². The Balaban J connectivity index is 0. The van der Waals surface area contributed by atoms with E-state index in [2.05, 4.69) is 4.52 Å². The van der Waals surface area contributed by atoms with Gasteiger partial charge in [0.25, 0.3) is 0 Å². The van der Waals surface area contributed by atoms with Crippen LogP contribution in [0.1, 0.15) is 0 Å². The molecule has 0 bridgehead atoms. The maximum absolute atomic E-state index is 9.80. The molecule has 0 aromatic heterocycles. The second kappa shape index (κ2) is 6.13. The molecule has 0 amide bonds. The van der Waals surface area contributed by atoms with Gasteiger partial charge in [0, 0.05) is 35.4 Å². The Morgan fingerprint density at radius 2 is 2.00 bits per heavy atom. The molecule has 0 fully saturated rings. The minimum absolute atomic E-state index is 0. The van der Waals surface area contributed by atoms with E-state index >= 15 is 0 Å². The Hall–Kier alpha value is 1.40.